The molecule has 1 rings (SSSR count). The summed E-state index contributed by atoms with van der Waals surface area (Å²) < 4.78 is 5.45. The molecule has 0 aliphatic heterocycles. The Bertz CT molecular complexity index is 456. The quantitative estimate of drug-likeness (QED) is 0.583. The summed E-state index contributed by atoms with van der Waals surface area (Å²) in [6, 6.07) is 6.96. The van der Waals surface area contributed by atoms with E-state index in [4.69, 9.17) is 28.6 Å². The number of nitrogens with one attached hydrogen (secondary N) is 3. The molecule has 0 aliphatic rings. The van der Waals surface area contributed by atoms with Gasteiger partial charge in [-0.2, -0.15) is 0 Å². The number of hydrogen-bond acceptors (Lipinski definition) is 3. The highest BCUT2D eigenvalue weighted by Crippen LogP contribution is 2.24. The molecule has 0 heterocycles. The average Bonchev–Trinajstić information content (AvgIpc) is 2.39. The summed E-state index contributed by atoms with van der Waals surface area (Å²) >= 11 is 10.8. The molecule has 0 saturated heterocycles. The molecule has 0 aromatic heterocycles. The van der Waals surface area contributed by atoms with Gasteiger partial charge in [0.25, 0.3) is 5.91 Å². The summed E-state index contributed by atoms with van der Waals surface area (Å²) in [6.45, 7) is 4.20. The van der Waals surface area contributed by atoms with Crippen LogP contribution in [0.2, 0.25) is 5.02 Å². The summed E-state index contributed by atoms with van der Waals surface area (Å²) in [6.07, 6.45) is -0.697. The normalized spacial score (nSPS) is 11.3. The highest BCUT2D eigenvalue weighted by molar-refractivity contribution is 7.80. The molecule has 3 N–H and O–H groups in total. The molecule has 0 spiro atoms. The summed E-state index contributed by atoms with van der Waals surface area (Å²) in [7, 11) is 0. The van der Waals surface area contributed by atoms with Crippen molar-refractivity contribution >= 4 is 34.8 Å². The molecule has 19 heavy (non-hydrogen) atoms. The van der Waals surface area contributed by atoms with Crippen LogP contribution >= 0.6 is 23.8 Å². The van der Waals surface area contributed by atoms with Crippen LogP contribution in [-0.4, -0.2) is 23.7 Å². The van der Waals surface area contributed by atoms with Crippen molar-refractivity contribution < 1.29 is 9.53 Å². The number of hydrazine groups is 1. The van der Waals surface area contributed by atoms with Gasteiger partial charge in [-0.15, -0.1) is 0 Å². The van der Waals surface area contributed by atoms with Gasteiger partial charge in [0, 0.05) is 6.54 Å². The van der Waals surface area contributed by atoms with Crippen molar-refractivity contribution in [2.24, 2.45) is 0 Å². The Morgan fingerprint density at radius 1 is 1.42 bits per heavy atom. The molecule has 0 aliphatic carbocycles. The van der Waals surface area contributed by atoms with Crippen LogP contribution in [0, 0.1) is 0 Å². The molecule has 7 heteroatoms. The zero-order chi connectivity index (χ0) is 14.3. The van der Waals surface area contributed by atoms with Crippen LogP contribution in [0.3, 0.4) is 0 Å². The van der Waals surface area contributed by atoms with Crippen LogP contribution in [0.1, 0.15) is 13.8 Å². The lowest BCUT2D eigenvalue weighted by Gasteiger charge is -2.16. The van der Waals surface area contributed by atoms with Crippen LogP contribution in [0.4, 0.5) is 0 Å². The molecule has 0 radical (unpaired) electrons. The smallest absolute Gasteiger partial charge is 0.279 e. The molecule has 1 amide bonds. The van der Waals surface area contributed by atoms with Crippen LogP contribution in [0.15, 0.2) is 24.3 Å². The van der Waals surface area contributed by atoms with Crippen LogP contribution in [-0.2, 0) is 4.79 Å². The predicted molar refractivity (Wildman–Crippen MR) is 79.1 cm³/mol. The van der Waals surface area contributed by atoms with Crippen LogP contribution in [0.5, 0.6) is 5.75 Å². The van der Waals surface area contributed by atoms with Crippen molar-refractivity contribution in [2.45, 2.75) is 20.0 Å². The maximum absolute atomic E-state index is 11.7. The number of benzene rings is 1. The zero-order valence-corrected chi connectivity index (χ0v) is 12.3. The first-order valence-corrected chi connectivity index (χ1v) is 6.58. The van der Waals surface area contributed by atoms with E-state index in [1.165, 1.54) is 0 Å². The minimum absolute atomic E-state index is 0.347. The van der Waals surface area contributed by atoms with Crippen molar-refractivity contribution in [1.82, 2.24) is 16.2 Å². The van der Waals surface area contributed by atoms with Gasteiger partial charge in [0.05, 0.1) is 5.02 Å². The second kappa shape index (κ2) is 7.81. The van der Waals surface area contributed by atoms with Gasteiger partial charge < -0.3 is 10.1 Å². The van der Waals surface area contributed by atoms with Gasteiger partial charge in [-0.25, -0.2) is 0 Å². The van der Waals surface area contributed by atoms with E-state index >= 15 is 0 Å². The SMILES string of the molecule is CCNC(=S)NNC(=O)[C@H](C)Oc1ccccc1Cl. The molecule has 0 saturated carbocycles. The number of carbonyl (C=O) groups excluding carboxylic acids is 1. The van der Waals surface area contributed by atoms with Gasteiger partial charge in [0.15, 0.2) is 11.2 Å². The lowest BCUT2D eigenvalue weighted by atomic mass is 10.3. The van der Waals surface area contributed by atoms with E-state index < -0.39 is 6.10 Å². The summed E-state index contributed by atoms with van der Waals surface area (Å²) in [4.78, 5) is 11.7. The third-order valence-electron chi connectivity index (χ3n) is 2.15. The fraction of sp³-hybridized carbons (Fsp3) is 0.333. The summed E-state index contributed by atoms with van der Waals surface area (Å²) in [5.41, 5.74) is 5.02. The fourth-order valence-corrected chi connectivity index (χ4v) is 1.58. The Hall–Kier alpha value is -1.53. The van der Waals surface area contributed by atoms with Gasteiger partial charge in [-0.3, -0.25) is 15.6 Å². The molecular weight excluding hydrogens is 286 g/mol. The van der Waals surface area contributed by atoms with E-state index in [2.05, 4.69) is 16.2 Å². The average molecular weight is 302 g/mol. The second-order valence-electron chi connectivity index (χ2n) is 3.66. The minimum atomic E-state index is -0.697. The monoisotopic (exact) mass is 301 g/mol. The first-order chi connectivity index (χ1) is 9.04. The van der Waals surface area contributed by atoms with E-state index in [0.29, 0.717) is 22.4 Å². The van der Waals surface area contributed by atoms with E-state index in [-0.39, 0.29) is 5.91 Å². The summed E-state index contributed by atoms with van der Waals surface area (Å²) in [5.74, 6) is 0.112. The number of para-hydroxylation sites is 1. The van der Waals surface area contributed by atoms with Crippen molar-refractivity contribution in [3.05, 3.63) is 29.3 Å². The Morgan fingerprint density at radius 3 is 2.74 bits per heavy atom. The lowest BCUT2D eigenvalue weighted by Crippen LogP contribution is -2.50. The van der Waals surface area contributed by atoms with Crippen molar-refractivity contribution in [3.8, 4) is 5.75 Å². The molecule has 0 fully saturated rings. The maximum atomic E-state index is 11.7. The number of amides is 1. The van der Waals surface area contributed by atoms with Crippen LogP contribution in [0.25, 0.3) is 0 Å². The number of hydrogen-bond donors (Lipinski definition) is 3. The van der Waals surface area contributed by atoms with Crippen molar-refractivity contribution in [2.75, 3.05) is 6.54 Å². The van der Waals surface area contributed by atoms with E-state index in [1.54, 1.807) is 31.2 Å². The molecule has 1 aromatic rings. The lowest BCUT2D eigenvalue weighted by molar-refractivity contribution is -0.127. The standard InChI is InChI=1S/C12H16ClN3O2S/c1-3-14-12(19)16-15-11(17)8(2)18-10-7-5-4-6-9(10)13/h4-8H,3H2,1-2H3,(H,15,17)(H2,14,16,19)/t8-/m0/s1. The molecule has 1 aromatic carbocycles. The Labute approximate surface area is 122 Å². The van der Waals surface area contributed by atoms with Crippen molar-refractivity contribution in [3.63, 3.8) is 0 Å². The minimum Gasteiger partial charge on any atom is -0.479 e. The van der Waals surface area contributed by atoms with Gasteiger partial charge in [-0.05, 0) is 38.2 Å². The maximum Gasteiger partial charge on any atom is 0.279 e. The zero-order valence-electron chi connectivity index (χ0n) is 10.7. The number of rotatable bonds is 4. The number of ether oxygens (including phenoxy) is 1. The topological polar surface area (TPSA) is 62.4 Å². The fourth-order valence-electron chi connectivity index (χ4n) is 1.21. The van der Waals surface area contributed by atoms with Gasteiger partial charge in [0.2, 0.25) is 0 Å². The molecule has 104 valence electrons. The number of thiocarbonyl (C=S) groups is 1. The van der Waals surface area contributed by atoms with Crippen LogP contribution < -0.4 is 20.9 Å². The molecule has 0 bridgehead atoms. The van der Waals surface area contributed by atoms with Gasteiger partial charge in [0.1, 0.15) is 5.75 Å². The molecule has 0 unspecified atom stereocenters. The number of carbonyl (C=O) groups is 1. The van der Waals surface area contributed by atoms with Gasteiger partial charge in [-0.1, -0.05) is 23.7 Å². The predicted octanol–water partition coefficient (Wildman–Crippen LogP) is 1.62. The molecule has 1 atom stereocenters. The van der Waals surface area contributed by atoms with E-state index in [9.17, 15) is 4.79 Å². The largest absolute Gasteiger partial charge is 0.479 e. The van der Waals surface area contributed by atoms with E-state index in [0.717, 1.165) is 0 Å². The Balaban J connectivity index is 2.45. The second-order valence-corrected chi connectivity index (χ2v) is 4.48. The van der Waals surface area contributed by atoms with Gasteiger partial charge >= 0.3 is 0 Å². The highest BCUT2D eigenvalue weighted by Gasteiger charge is 2.15. The Morgan fingerprint density at radius 2 is 2.11 bits per heavy atom. The Kier molecular flexibility index (Phi) is 6.38. The van der Waals surface area contributed by atoms with Crippen molar-refractivity contribution in [1.29, 1.82) is 0 Å². The first kappa shape index (κ1) is 15.5. The number of halogens is 1. The van der Waals surface area contributed by atoms with E-state index in [1.807, 2.05) is 6.92 Å². The molecular formula is C12H16ClN3O2S. The third-order valence-corrected chi connectivity index (χ3v) is 2.70. The highest BCUT2D eigenvalue weighted by atomic mass is 35.5. The summed E-state index contributed by atoms with van der Waals surface area (Å²) in [5, 5.41) is 3.65. The molecule has 5 nitrogen and oxygen atoms in total. The third kappa shape index (κ3) is 5.32. The first-order valence-electron chi connectivity index (χ1n) is 5.79.